The zero-order valence-electron chi connectivity index (χ0n) is 9.70. The van der Waals surface area contributed by atoms with Crippen LogP contribution < -0.4 is 0 Å². The van der Waals surface area contributed by atoms with E-state index < -0.39 is 0 Å². The summed E-state index contributed by atoms with van der Waals surface area (Å²) < 4.78 is 0. The molecule has 0 amide bonds. The summed E-state index contributed by atoms with van der Waals surface area (Å²) in [6.07, 6.45) is 3.77. The van der Waals surface area contributed by atoms with Gasteiger partial charge in [0.05, 0.1) is 12.2 Å². The monoisotopic (exact) mass is 224 g/mol. The Hall–Kier alpha value is -0.410. The molecule has 2 heterocycles. The highest BCUT2D eigenvalue weighted by atomic mass is 32.1. The van der Waals surface area contributed by atoms with Gasteiger partial charge in [-0.2, -0.15) is 0 Å². The molecule has 0 N–H and O–H groups in total. The minimum absolute atomic E-state index is 0.920. The molecular formula is C12H20N2S. The van der Waals surface area contributed by atoms with Crippen LogP contribution in [0.2, 0.25) is 0 Å². The first-order valence-electron chi connectivity index (χ1n) is 5.93. The van der Waals surface area contributed by atoms with E-state index in [0.29, 0.717) is 0 Å². The number of nitrogens with zero attached hydrogens (tertiary/aromatic N) is 2. The first-order valence-corrected chi connectivity index (χ1v) is 6.81. The van der Waals surface area contributed by atoms with Crippen molar-refractivity contribution < 1.29 is 0 Å². The lowest BCUT2D eigenvalue weighted by Crippen LogP contribution is -2.32. The smallest absolute Gasteiger partial charge is 0.107 e. The largest absolute Gasteiger partial charge is 0.297 e. The van der Waals surface area contributed by atoms with Gasteiger partial charge < -0.3 is 0 Å². The van der Waals surface area contributed by atoms with Gasteiger partial charge in [0.25, 0.3) is 0 Å². The Morgan fingerprint density at radius 3 is 2.80 bits per heavy atom. The summed E-state index contributed by atoms with van der Waals surface area (Å²) in [5.41, 5.74) is 1.25. The number of aryl methyl sites for hydroxylation is 1. The zero-order valence-corrected chi connectivity index (χ0v) is 10.5. The fourth-order valence-electron chi connectivity index (χ4n) is 2.00. The SMILES string of the molecule is CCc1csc(CN2CCC(C)CC2)n1. The molecule has 1 aliphatic rings. The molecule has 0 spiro atoms. The van der Waals surface area contributed by atoms with Gasteiger partial charge in [-0.25, -0.2) is 4.98 Å². The maximum absolute atomic E-state index is 4.62. The topological polar surface area (TPSA) is 16.1 Å². The van der Waals surface area contributed by atoms with E-state index in [9.17, 15) is 0 Å². The highest BCUT2D eigenvalue weighted by Crippen LogP contribution is 2.19. The Morgan fingerprint density at radius 1 is 1.47 bits per heavy atom. The first-order chi connectivity index (χ1) is 7.28. The van der Waals surface area contributed by atoms with E-state index in [2.05, 4.69) is 29.1 Å². The molecule has 1 aromatic rings. The molecule has 15 heavy (non-hydrogen) atoms. The number of thiazole rings is 1. The van der Waals surface area contributed by atoms with Gasteiger partial charge in [-0.15, -0.1) is 11.3 Å². The molecule has 2 rings (SSSR count). The van der Waals surface area contributed by atoms with E-state index in [-0.39, 0.29) is 0 Å². The average molecular weight is 224 g/mol. The van der Waals surface area contributed by atoms with Gasteiger partial charge in [0.2, 0.25) is 0 Å². The standard InChI is InChI=1S/C12H20N2S/c1-3-11-9-15-12(13-11)8-14-6-4-10(2)5-7-14/h9-10H,3-8H2,1-2H3. The Morgan fingerprint density at radius 2 is 2.20 bits per heavy atom. The van der Waals surface area contributed by atoms with E-state index in [1.165, 1.54) is 36.6 Å². The fraction of sp³-hybridized carbons (Fsp3) is 0.750. The third-order valence-corrected chi connectivity index (χ3v) is 4.08. The number of hydrogen-bond acceptors (Lipinski definition) is 3. The molecule has 0 unspecified atom stereocenters. The van der Waals surface area contributed by atoms with Crippen LogP contribution in [0.3, 0.4) is 0 Å². The lowest BCUT2D eigenvalue weighted by atomic mass is 9.99. The molecule has 3 heteroatoms. The van der Waals surface area contributed by atoms with Gasteiger partial charge in [-0.05, 0) is 38.3 Å². The van der Waals surface area contributed by atoms with E-state index in [0.717, 1.165) is 18.9 Å². The Kier molecular flexibility index (Phi) is 3.76. The Labute approximate surface area is 96.3 Å². The molecule has 0 aliphatic carbocycles. The van der Waals surface area contributed by atoms with Gasteiger partial charge in [0.15, 0.2) is 0 Å². The van der Waals surface area contributed by atoms with Crippen molar-refractivity contribution >= 4 is 11.3 Å². The van der Waals surface area contributed by atoms with Crippen molar-refractivity contribution in [2.24, 2.45) is 5.92 Å². The quantitative estimate of drug-likeness (QED) is 0.785. The molecule has 1 aromatic heterocycles. The number of piperidine rings is 1. The van der Waals surface area contributed by atoms with Crippen molar-refractivity contribution in [2.75, 3.05) is 13.1 Å². The summed E-state index contributed by atoms with van der Waals surface area (Å²) in [7, 11) is 0. The van der Waals surface area contributed by atoms with Gasteiger partial charge >= 0.3 is 0 Å². The maximum Gasteiger partial charge on any atom is 0.107 e. The minimum atomic E-state index is 0.920. The molecule has 0 bridgehead atoms. The molecular weight excluding hydrogens is 204 g/mol. The van der Waals surface area contributed by atoms with Gasteiger partial charge in [0, 0.05) is 5.38 Å². The van der Waals surface area contributed by atoms with Crippen molar-refractivity contribution in [1.29, 1.82) is 0 Å². The van der Waals surface area contributed by atoms with Crippen molar-refractivity contribution in [3.8, 4) is 0 Å². The normalized spacial score (nSPS) is 19.6. The summed E-state index contributed by atoms with van der Waals surface area (Å²) in [4.78, 5) is 7.16. The van der Waals surface area contributed by atoms with Crippen LogP contribution in [0.5, 0.6) is 0 Å². The predicted octanol–water partition coefficient (Wildman–Crippen LogP) is 2.94. The van der Waals surface area contributed by atoms with Crippen molar-refractivity contribution in [2.45, 2.75) is 39.7 Å². The highest BCUT2D eigenvalue weighted by molar-refractivity contribution is 7.09. The Bertz CT molecular complexity index is 300. The summed E-state index contributed by atoms with van der Waals surface area (Å²) in [6, 6.07) is 0. The van der Waals surface area contributed by atoms with Crippen LogP contribution in [0, 0.1) is 5.92 Å². The highest BCUT2D eigenvalue weighted by Gasteiger charge is 2.16. The number of likely N-dealkylation sites (tertiary alicyclic amines) is 1. The van der Waals surface area contributed by atoms with E-state index in [1.807, 2.05) is 11.3 Å². The molecule has 0 saturated carbocycles. The average Bonchev–Trinajstić information content (AvgIpc) is 2.69. The van der Waals surface area contributed by atoms with Crippen molar-refractivity contribution in [3.05, 3.63) is 16.1 Å². The van der Waals surface area contributed by atoms with Gasteiger partial charge in [0.1, 0.15) is 5.01 Å². The van der Waals surface area contributed by atoms with E-state index in [1.54, 1.807) is 0 Å². The van der Waals surface area contributed by atoms with Gasteiger partial charge in [-0.3, -0.25) is 4.90 Å². The first kappa shape index (κ1) is 11.1. The second-order valence-corrected chi connectivity index (χ2v) is 5.49. The second-order valence-electron chi connectivity index (χ2n) is 4.54. The lowest BCUT2D eigenvalue weighted by Gasteiger charge is -2.29. The van der Waals surface area contributed by atoms with E-state index >= 15 is 0 Å². The summed E-state index contributed by atoms with van der Waals surface area (Å²) >= 11 is 1.82. The molecule has 1 fully saturated rings. The van der Waals surface area contributed by atoms with Crippen LogP contribution in [-0.2, 0) is 13.0 Å². The van der Waals surface area contributed by atoms with Crippen LogP contribution in [0.1, 0.15) is 37.4 Å². The maximum atomic E-state index is 4.62. The zero-order chi connectivity index (χ0) is 10.7. The number of hydrogen-bond donors (Lipinski definition) is 0. The molecule has 0 radical (unpaired) electrons. The predicted molar refractivity (Wildman–Crippen MR) is 65.2 cm³/mol. The summed E-state index contributed by atoms with van der Waals surface area (Å²) in [6.45, 7) is 8.10. The van der Waals surface area contributed by atoms with Crippen LogP contribution in [0.15, 0.2) is 5.38 Å². The van der Waals surface area contributed by atoms with Gasteiger partial charge in [-0.1, -0.05) is 13.8 Å². The van der Waals surface area contributed by atoms with E-state index in [4.69, 9.17) is 0 Å². The third kappa shape index (κ3) is 3.02. The van der Waals surface area contributed by atoms with Crippen LogP contribution in [-0.4, -0.2) is 23.0 Å². The van der Waals surface area contributed by atoms with Crippen LogP contribution >= 0.6 is 11.3 Å². The molecule has 0 aromatic carbocycles. The Balaban J connectivity index is 1.86. The molecule has 1 aliphatic heterocycles. The molecule has 84 valence electrons. The van der Waals surface area contributed by atoms with Crippen molar-refractivity contribution in [1.82, 2.24) is 9.88 Å². The fourth-order valence-corrected chi connectivity index (χ4v) is 2.91. The third-order valence-electron chi connectivity index (χ3n) is 3.20. The molecule has 1 saturated heterocycles. The van der Waals surface area contributed by atoms with Crippen LogP contribution in [0.25, 0.3) is 0 Å². The molecule has 2 nitrogen and oxygen atoms in total. The number of rotatable bonds is 3. The summed E-state index contributed by atoms with van der Waals surface area (Å²) in [5, 5.41) is 3.49. The summed E-state index contributed by atoms with van der Waals surface area (Å²) in [5.74, 6) is 0.920. The minimum Gasteiger partial charge on any atom is -0.297 e. The lowest BCUT2D eigenvalue weighted by molar-refractivity contribution is 0.185. The number of aromatic nitrogens is 1. The molecule has 0 atom stereocenters. The van der Waals surface area contributed by atoms with Crippen molar-refractivity contribution in [3.63, 3.8) is 0 Å². The van der Waals surface area contributed by atoms with Crippen LogP contribution in [0.4, 0.5) is 0 Å². The second kappa shape index (κ2) is 5.08.